The van der Waals surface area contributed by atoms with Crippen LogP contribution in [0.1, 0.15) is 99.3 Å². The van der Waals surface area contributed by atoms with E-state index in [4.69, 9.17) is 11.2 Å². The summed E-state index contributed by atoms with van der Waals surface area (Å²) in [5.74, 6) is 3.40. The lowest BCUT2D eigenvalue weighted by Gasteiger charge is -2.26. The number of rotatable bonds is 12. The normalized spacial score (nSPS) is 14.8. The van der Waals surface area contributed by atoms with Gasteiger partial charge in [0.05, 0.1) is 0 Å². The molecular weight excluding hydrogens is 268 g/mol. The second-order valence-electron chi connectivity index (χ2n) is 8.61. The minimum absolute atomic E-state index is 0.374. The Kier molecular flexibility index (Phi) is 10.9. The van der Waals surface area contributed by atoms with E-state index < -0.39 is 0 Å². The monoisotopic (exact) mass is 308 g/mol. The molecule has 0 bridgehead atoms. The lowest BCUT2D eigenvalue weighted by atomic mass is 9.89. The predicted octanol–water partition coefficient (Wildman–Crippen LogP) is 6.61. The van der Waals surface area contributed by atoms with E-state index in [0.717, 1.165) is 19.4 Å². The van der Waals surface area contributed by atoms with Crippen molar-refractivity contribution in [2.75, 3.05) is 6.61 Å². The van der Waals surface area contributed by atoms with Crippen LogP contribution in [0, 0.1) is 23.7 Å². The summed E-state index contributed by atoms with van der Waals surface area (Å²) in [5.41, 5.74) is 0.123. The smallest absolute Gasteiger partial charge is 0.125 e. The molecule has 0 aliphatic carbocycles. The zero-order valence-electron chi connectivity index (χ0n) is 16.1. The maximum absolute atomic E-state index is 5.94. The lowest BCUT2D eigenvalue weighted by Crippen LogP contribution is -2.29. The molecular formula is C21H40O. The molecule has 0 aromatic heterocycles. The Balaban J connectivity index is 3.49. The average Bonchev–Trinajstić information content (AvgIpc) is 2.39. The number of ether oxygens (including phenoxy) is 1. The highest BCUT2D eigenvalue weighted by Crippen LogP contribution is 2.23. The first-order valence-electron chi connectivity index (χ1n) is 9.30. The Morgan fingerprint density at radius 1 is 0.864 bits per heavy atom. The van der Waals surface area contributed by atoms with Gasteiger partial charge in [0.25, 0.3) is 0 Å². The number of unbranched alkanes of at least 4 members (excludes halogenated alkanes) is 6. The third kappa shape index (κ3) is 13.2. The predicted molar refractivity (Wildman–Crippen MR) is 99.0 cm³/mol. The molecule has 1 nitrogen and oxygen atoms in total. The van der Waals surface area contributed by atoms with E-state index in [1.54, 1.807) is 0 Å². The molecule has 0 aliphatic heterocycles. The van der Waals surface area contributed by atoms with Gasteiger partial charge in [-0.2, -0.15) is 0 Å². The molecule has 1 heteroatoms. The summed E-state index contributed by atoms with van der Waals surface area (Å²) < 4.78 is 5.94. The van der Waals surface area contributed by atoms with Crippen LogP contribution in [0.25, 0.3) is 0 Å². The van der Waals surface area contributed by atoms with Crippen LogP contribution in [-0.4, -0.2) is 12.2 Å². The van der Waals surface area contributed by atoms with Gasteiger partial charge in [0.2, 0.25) is 0 Å². The second-order valence-corrected chi connectivity index (χ2v) is 8.61. The summed E-state index contributed by atoms with van der Waals surface area (Å²) >= 11 is 0. The van der Waals surface area contributed by atoms with Crippen molar-refractivity contribution >= 4 is 0 Å². The molecule has 0 rings (SSSR count). The van der Waals surface area contributed by atoms with Crippen LogP contribution >= 0.6 is 0 Å². The van der Waals surface area contributed by atoms with Crippen LogP contribution in [-0.2, 0) is 4.74 Å². The quantitative estimate of drug-likeness (QED) is 0.291. The zero-order valence-corrected chi connectivity index (χ0v) is 16.1. The van der Waals surface area contributed by atoms with Gasteiger partial charge in [-0.1, -0.05) is 79.1 Å². The Hall–Kier alpha value is -0.480. The van der Waals surface area contributed by atoms with Crippen LogP contribution in [0.2, 0.25) is 0 Å². The SMILES string of the molecule is C#CC(C)(CC(C)C)OCCCCCCCCCC(C)(C)C. The van der Waals surface area contributed by atoms with Crippen molar-refractivity contribution in [3.05, 3.63) is 0 Å². The maximum Gasteiger partial charge on any atom is 0.125 e. The van der Waals surface area contributed by atoms with E-state index in [-0.39, 0.29) is 5.60 Å². The summed E-state index contributed by atoms with van der Waals surface area (Å²) in [4.78, 5) is 0. The van der Waals surface area contributed by atoms with Gasteiger partial charge < -0.3 is 4.74 Å². The standard InChI is InChI=1S/C21H40O/c1-8-21(7,18-19(2)3)22-17-15-13-11-9-10-12-14-16-20(4,5)6/h1,19H,9-18H2,2-7H3. The molecule has 0 saturated carbocycles. The van der Waals surface area contributed by atoms with Crippen LogP contribution in [0.3, 0.4) is 0 Å². The molecule has 1 unspecified atom stereocenters. The van der Waals surface area contributed by atoms with E-state index >= 15 is 0 Å². The molecule has 22 heavy (non-hydrogen) atoms. The van der Waals surface area contributed by atoms with E-state index in [1.165, 1.54) is 44.9 Å². The highest BCUT2D eigenvalue weighted by atomic mass is 16.5. The molecule has 0 aliphatic rings. The third-order valence-corrected chi connectivity index (χ3v) is 4.09. The fourth-order valence-corrected chi connectivity index (χ4v) is 2.88. The molecule has 1 atom stereocenters. The lowest BCUT2D eigenvalue weighted by molar-refractivity contribution is -0.00301. The summed E-state index contributed by atoms with van der Waals surface area (Å²) in [5, 5.41) is 0. The van der Waals surface area contributed by atoms with Gasteiger partial charge in [-0.25, -0.2) is 0 Å². The Labute approximate surface area is 140 Å². The molecule has 0 aromatic rings. The minimum atomic E-state index is -0.374. The van der Waals surface area contributed by atoms with Crippen molar-refractivity contribution in [3.8, 4) is 12.3 Å². The van der Waals surface area contributed by atoms with Crippen molar-refractivity contribution in [2.45, 2.75) is 105 Å². The minimum Gasteiger partial charge on any atom is -0.363 e. The van der Waals surface area contributed by atoms with Gasteiger partial charge >= 0.3 is 0 Å². The number of hydrogen-bond donors (Lipinski definition) is 0. The molecule has 0 amide bonds. The van der Waals surface area contributed by atoms with E-state index in [2.05, 4.69) is 40.5 Å². The Morgan fingerprint density at radius 3 is 1.82 bits per heavy atom. The van der Waals surface area contributed by atoms with Gasteiger partial charge in [0, 0.05) is 6.61 Å². The van der Waals surface area contributed by atoms with Crippen molar-refractivity contribution < 1.29 is 4.74 Å². The highest BCUT2D eigenvalue weighted by molar-refractivity contribution is 5.06. The molecule has 130 valence electrons. The van der Waals surface area contributed by atoms with Gasteiger partial charge in [-0.3, -0.25) is 0 Å². The topological polar surface area (TPSA) is 9.23 Å². The first-order chi connectivity index (χ1) is 10.2. The summed E-state index contributed by atoms with van der Waals surface area (Å²) in [6, 6.07) is 0. The van der Waals surface area contributed by atoms with Crippen molar-refractivity contribution in [3.63, 3.8) is 0 Å². The highest BCUT2D eigenvalue weighted by Gasteiger charge is 2.22. The fourth-order valence-electron chi connectivity index (χ4n) is 2.88. The van der Waals surface area contributed by atoms with Crippen molar-refractivity contribution in [1.29, 1.82) is 0 Å². The fraction of sp³-hybridized carbons (Fsp3) is 0.905. The van der Waals surface area contributed by atoms with E-state index in [1.807, 2.05) is 6.92 Å². The summed E-state index contributed by atoms with van der Waals surface area (Å²) in [6.45, 7) is 14.2. The van der Waals surface area contributed by atoms with Crippen LogP contribution in [0.15, 0.2) is 0 Å². The molecule has 0 N–H and O–H groups in total. The van der Waals surface area contributed by atoms with Gasteiger partial charge in [0.15, 0.2) is 0 Å². The van der Waals surface area contributed by atoms with E-state index in [0.29, 0.717) is 11.3 Å². The first kappa shape index (κ1) is 21.5. The van der Waals surface area contributed by atoms with Crippen LogP contribution in [0.5, 0.6) is 0 Å². The van der Waals surface area contributed by atoms with Crippen LogP contribution < -0.4 is 0 Å². The second kappa shape index (κ2) is 11.1. The summed E-state index contributed by atoms with van der Waals surface area (Å²) in [7, 11) is 0. The number of hydrogen-bond acceptors (Lipinski definition) is 1. The van der Waals surface area contributed by atoms with Crippen LogP contribution in [0.4, 0.5) is 0 Å². The molecule has 0 saturated heterocycles. The molecule has 0 aromatic carbocycles. The molecule has 0 heterocycles. The van der Waals surface area contributed by atoms with Crippen molar-refractivity contribution in [2.24, 2.45) is 11.3 Å². The largest absolute Gasteiger partial charge is 0.363 e. The zero-order chi connectivity index (χ0) is 17.1. The average molecular weight is 309 g/mol. The first-order valence-corrected chi connectivity index (χ1v) is 9.30. The van der Waals surface area contributed by atoms with Crippen molar-refractivity contribution in [1.82, 2.24) is 0 Å². The van der Waals surface area contributed by atoms with Gasteiger partial charge in [-0.05, 0) is 37.5 Å². The van der Waals surface area contributed by atoms with Gasteiger partial charge in [-0.15, -0.1) is 6.42 Å². The molecule has 0 spiro atoms. The van der Waals surface area contributed by atoms with Gasteiger partial charge in [0.1, 0.15) is 5.60 Å². The number of terminal acetylenes is 1. The molecule has 0 radical (unpaired) electrons. The third-order valence-electron chi connectivity index (χ3n) is 4.09. The van der Waals surface area contributed by atoms with E-state index in [9.17, 15) is 0 Å². The Bertz CT molecular complexity index is 305. The maximum atomic E-state index is 5.94. The Morgan fingerprint density at radius 2 is 1.36 bits per heavy atom. The summed E-state index contributed by atoms with van der Waals surface area (Å²) in [6.07, 6.45) is 17.1. The molecule has 0 fully saturated rings.